The molecule has 0 amide bonds. The molecule has 3 rings (SSSR count). The van der Waals surface area contributed by atoms with Crippen molar-refractivity contribution in [3.05, 3.63) is 35.0 Å². The molecule has 0 saturated heterocycles. The van der Waals surface area contributed by atoms with Gasteiger partial charge in [-0.15, -0.1) is 0 Å². The number of rotatable bonds is 2. The summed E-state index contributed by atoms with van der Waals surface area (Å²) in [6, 6.07) is 5.84. The van der Waals surface area contributed by atoms with E-state index in [2.05, 4.69) is 4.98 Å². The SMILES string of the molecule is COc1ccc2nc3c(c(CO)c2c1)CCC3. The number of hydrogen-bond donors (Lipinski definition) is 1. The molecular formula is C14H15NO2. The number of aliphatic hydroxyl groups is 1. The highest BCUT2D eigenvalue weighted by Gasteiger charge is 2.19. The molecule has 0 atom stereocenters. The standard InChI is InChI=1S/C14H15NO2/c1-17-9-5-6-14-11(7-9)12(8-16)10-3-2-4-13(10)15-14/h5-7,16H,2-4,8H2,1H3. The number of methoxy groups -OCH3 is 1. The Balaban J connectivity index is 2.33. The fourth-order valence-corrected chi connectivity index (χ4v) is 2.65. The molecule has 1 N–H and O–H groups in total. The minimum absolute atomic E-state index is 0.0779. The van der Waals surface area contributed by atoms with Crippen LogP contribution >= 0.6 is 0 Å². The zero-order valence-electron chi connectivity index (χ0n) is 9.86. The lowest BCUT2D eigenvalue weighted by Gasteiger charge is -2.11. The quantitative estimate of drug-likeness (QED) is 0.858. The van der Waals surface area contributed by atoms with E-state index in [0.29, 0.717) is 0 Å². The molecule has 0 fully saturated rings. The lowest BCUT2D eigenvalue weighted by Crippen LogP contribution is -1.99. The van der Waals surface area contributed by atoms with Crippen molar-refractivity contribution in [2.45, 2.75) is 25.9 Å². The van der Waals surface area contributed by atoms with E-state index in [1.165, 1.54) is 5.56 Å². The van der Waals surface area contributed by atoms with E-state index in [4.69, 9.17) is 4.74 Å². The number of benzene rings is 1. The molecule has 0 bridgehead atoms. The average Bonchev–Trinajstić information content (AvgIpc) is 2.82. The minimum atomic E-state index is 0.0779. The molecule has 1 aromatic heterocycles. The predicted molar refractivity (Wildman–Crippen MR) is 66.2 cm³/mol. The van der Waals surface area contributed by atoms with Crippen LogP contribution in [0, 0.1) is 0 Å². The van der Waals surface area contributed by atoms with Crippen molar-refractivity contribution in [1.29, 1.82) is 0 Å². The highest BCUT2D eigenvalue weighted by atomic mass is 16.5. The van der Waals surface area contributed by atoms with E-state index < -0.39 is 0 Å². The van der Waals surface area contributed by atoms with E-state index in [1.807, 2.05) is 18.2 Å². The highest BCUT2D eigenvalue weighted by Crippen LogP contribution is 2.31. The van der Waals surface area contributed by atoms with Gasteiger partial charge in [-0.05, 0) is 48.6 Å². The lowest BCUT2D eigenvalue weighted by atomic mass is 10.0. The van der Waals surface area contributed by atoms with Crippen LogP contribution in [0.2, 0.25) is 0 Å². The van der Waals surface area contributed by atoms with Gasteiger partial charge in [0.25, 0.3) is 0 Å². The number of pyridine rings is 1. The van der Waals surface area contributed by atoms with Crippen LogP contribution in [0.1, 0.15) is 23.2 Å². The van der Waals surface area contributed by atoms with Gasteiger partial charge in [-0.1, -0.05) is 0 Å². The average molecular weight is 229 g/mol. The van der Waals surface area contributed by atoms with Gasteiger partial charge in [0.1, 0.15) is 5.75 Å². The third-order valence-electron chi connectivity index (χ3n) is 3.50. The summed E-state index contributed by atoms with van der Waals surface area (Å²) in [6.07, 6.45) is 3.21. The lowest BCUT2D eigenvalue weighted by molar-refractivity contribution is 0.282. The molecule has 17 heavy (non-hydrogen) atoms. The maximum absolute atomic E-state index is 9.59. The molecule has 1 aromatic carbocycles. The van der Waals surface area contributed by atoms with Crippen LogP contribution in [0.15, 0.2) is 18.2 Å². The molecule has 3 nitrogen and oxygen atoms in total. The number of nitrogens with zero attached hydrogens (tertiary/aromatic N) is 1. The summed E-state index contributed by atoms with van der Waals surface area (Å²) < 4.78 is 5.23. The summed E-state index contributed by atoms with van der Waals surface area (Å²) in [5, 5.41) is 10.6. The van der Waals surface area contributed by atoms with Crippen LogP contribution in [-0.4, -0.2) is 17.2 Å². The zero-order valence-corrected chi connectivity index (χ0v) is 9.86. The Labute approximate surface area is 100 Å². The Kier molecular flexibility index (Phi) is 2.48. The van der Waals surface area contributed by atoms with Crippen molar-refractivity contribution < 1.29 is 9.84 Å². The molecule has 1 aliphatic carbocycles. The number of fused-ring (bicyclic) bond motifs is 2. The van der Waals surface area contributed by atoms with E-state index in [1.54, 1.807) is 7.11 Å². The summed E-state index contributed by atoms with van der Waals surface area (Å²) in [6.45, 7) is 0.0779. The molecule has 0 saturated carbocycles. The second-order valence-electron chi connectivity index (χ2n) is 4.41. The highest BCUT2D eigenvalue weighted by molar-refractivity contribution is 5.85. The Morgan fingerprint density at radius 3 is 3.00 bits per heavy atom. The van der Waals surface area contributed by atoms with E-state index in [9.17, 15) is 5.11 Å². The van der Waals surface area contributed by atoms with Crippen molar-refractivity contribution in [2.24, 2.45) is 0 Å². The fourth-order valence-electron chi connectivity index (χ4n) is 2.65. The fraction of sp³-hybridized carbons (Fsp3) is 0.357. The Morgan fingerprint density at radius 1 is 1.35 bits per heavy atom. The third-order valence-corrected chi connectivity index (χ3v) is 3.50. The van der Waals surface area contributed by atoms with E-state index >= 15 is 0 Å². The van der Waals surface area contributed by atoms with Gasteiger partial charge >= 0.3 is 0 Å². The first-order valence-electron chi connectivity index (χ1n) is 5.92. The number of aromatic nitrogens is 1. The molecule has 2 aromatic rings. The molecule has 0 radical (unpaired) electrons. The summed E-state index contributed by atoms with van der Waals surface area (Å²) in [4.78, 5) is 4.67. The molecule has 3 heteroatoms. The van der Waals surface area contributed by atoms with Gasteiger partial charge in [-0.2, -0.15) is 0 Å². The molecule has 1 heterocycles. The van der Waals surface area contributed by atoms with Gasteiger partial charge in [-0.3, -0.25) is 4.98 Å². The first-order chi connectivity index (χ1) is 8.33. The Hall–Kier alpha value is -1.61. The van der Waals surface area contributed by atoms with Crippen LogP contribution in [0.25, 0.3) is 10.9 Å². The molecule has 0 aliphatic heterocycles. The largest absolute Gasteiger partial charge is 0.497 e. The molecular weight excluding hydrogens is 214 g/mol. The second-order valence-corrected chi connectivity index (χ2v) is 4.41. The first kappa shape index (κ1) is 10.5. The van der Waals surface area contributed by atoms with Gasteiger partial charge in [0, 0.05) is 11.1 Å². The summed E-state index contributed by atoms with van der Waals surface area (Å²) >= 11 is 0. The summed E-state index contributed by atoms with van der Waals surface area (Å²) in [7, 11) is 1.65. The molecule has 0 spiro atoms. The van der Waals surface area contributed by atoms with Gasteiger partial charge in [0.05, 0.1) is 19.2 Å². The topological polar surface area (TPSA) is 42.4 Å². The van der Waals surface area contributed by atoms with Crippen molar-refractivity contribution in [1.82, 2.24) is 4.98 Å². The molecule has 1 aliphatic rings. The van der Waals surface area contributed by atoms with E-state index in [0.717, 1.165) is 47.2 Å². The van der Waals surface area contributed by atoms with Gasteiger partial charge in [0.2, 0.25) is 0 Å². The van der Waals surface area contributed by atoms with E-state index in [-0.39, 0.29) is 6.61 Å². The number of hydrogen-bond acceptors (Lipinski definition) is 3. The van der Waals surface area contributed by atoms with Crippen LogP contribution < -0.4 is 4.74 Å². The van der Waals surface area contributed by atoms with Crippen LogP contribution in [0.3, 0.4) is 0 Å². The van der Waals surface area contributed by atoms with Crippen molar-refractivity contribution in [3.8, 4) is 5.75 Å². The zero-order chi connectivity index (χ0) is 11.8. The Bertz CT molecular complexity index is 578. The van der Waals surface area contributed by atoms with Gasteiger partial charge in [-0.25, -0.2) is 0 Å². The van der Waals surface area contributed by atoms with Gasteiger partial charge in [0.15, 0.2) is 0 Å². The number of aliphatic hydroxyl groups excluding tert-OH is 1. The second kappa shape index (κ2) is 4.00. The predicted octanol–water partition coefficient (Wildman–Crippen LogP) is 2.22. The maximum atomic E-state index is 9.59. The van der Waals surface area contributed by atoms with Crippen molar-refractivity contribution >= 4 is 10.9 Å². The monoisotopic (exact) mass is 229 g/mol. The number of ether oxygens (including phenoxy) is 1. The van der Waals surface area contributed by atoms with Crippen LogP contribution in [0.4, 0.5) is 0 Å². The van der Waals surface area contributed by atoms with Crippen molar-refractivity contribution in [3.63, 3.8) is 0 Å². The first-order valence-corrected chi connectivity index (χ1v) is 5.92. The van der Waals surface area contributed by atoms with Crippen LogP contribution in [-0.2, 0) is 19.4 Å². The molecule has 88 valence electrons. The maximum Gasteiger partial charge on any atom is 0.119 e. The van der Waals surface area contributed by atoms with Crippen LogP contribution in [0.5, 0.6) is 5.75 Å². The minimum Gasteiger partial charge on any atom is -0.497 e. The molecule has 0 unspecified atom stereocenters. The normalized spacial score (nSPS) is 14.0. The van der Waals surface area contributed by atoms with Crippen molar-refractivity contribution in [2.75, 3.05) is 7.11 Å². The summed E-state index contributed by atoms with van der Waals surface area (Å²) in [5.41, 5.74) is 4.39. The Morgan fingerprint density at radius 2 is 2.24 bits per heavy atom. The smallest absolute Gasteiger partial charge is 0.119 e. The number of aryl methyl sites for hydroxylation is 1. The summed E-state index contributed by atoms with van der Waals surface area (Å²) in [5.74, 6) is 0.812. The third kappa shape index (κ3) is 1.58. The van der Waals surface area contributed by atoms with Gasteiger partial charge < -0.3 is 9.84 Å².